The van der Waals surface area contributed by atoms with Crippen molar-refractivity contribution in [1.82, 2.24) is 20.4 Å². The molecule has 4 rings (SSSR count). The minimum absolute atomic E-state index is 0.0909. The SMILES string of the molecule is CC(=O)NC(C)(C)/C=C/n1ncc(C(=O)N[C@@H]2C3CC4CC(C3)C2C[C@@H](C)C4)c1OCC(C)C. The molecule has 7 nitrogen and oxygen atoms in total. The quantitative estimate of drug-likeness (QED) is 0.586. The molecule has 0 aromatic carbocycles. The second kappa shape index (κ2) is 9.74. The highest BCUT2D eigenvalue weighted by atomic mass is 16.5. The third-order valence-corrected chi connectivity index (χ3v) is 7.84. The third kappa shape index (κ3) is 5.49. The van der Waals surface area contributed by atoms with Gasteiger partial charge in [-0.15, -0.1) is 0 Å². The first-order valence-corrected chi connectivity index (χ1v) is 13.0. The minimum Gasteiger partial charge on any atom is -0.477 e. The predicted molar refractivity (Wildman–Crippen MR) is 133 cm³/mol. The number of ether oxygens (including phenoxy) is 1. The highest BCUT2D eigenvalue weighted by Gasteiger charge is 2.50. The van der Waals surface area contributed by atoms with Gasteiger partial charge in [-0.3, -0.25) is 9.59 Å². The van der Waals surface area contributed by atoms with E-state index < -0.39 is 5.54 Å². The zero-order valence-electron chi connectivity index (χ0n) is 21.6. The van der Waals surface area contributed by atoms with Crippen LogP contribution in [0.3, 0.4) is 0 Å². The standard InChI is InChI=1S/C27H42N4O3/c1-16(2)15-34-26-23(14-28-31(26)8-7-27(5,6)30-18(4)32)25(33)29-24-21-12-19-9-17(3)10-22(24)20(11-19)13-21/h7-8,14,16-17,19-22,24H,9-13,15H2,1-6H3,(H,29,33)(H,30,32)/b8-7+/t17-,19?,20?,21?,22?,24+/m0/s1. The van der Waals surface area contributed by atoms with Gasteiger partial charge in [-0.05, 0) is 87.5 Å². The first-order chi connectivity index (χ1) is 16.0. The van der Waals surface area contributed by atoms with Gasteiger partial charge in [-0.1, -0.05) is 20.8 Å². The van der Waals surface area contributed by atoms with Crippen LogP contribution in [0.4, 0.5) is 0 Å². The van der Waals surface area contributed by atoms with Crippen molar-refractivity contribution >= 4 is 18.0 Å². The summed E-state index contributed by atoms with van der Waals surface area (Å²) in [6, 6.07) is 0.251. The Labute approximate surface area is 204 Å². The Kier molecular flexibility index (Phi) is 7.11. The number of hydrogen-bond donors (Lipinski definition) is 2. The first kappa shape index (κ1) is 24.8. The number of nitrogens with one attached hydrogen (secondary N) is 2. The predicted octanol–water partition coefficient (Wildman–Crippen LogP) is 4.49. The molecule has 0 spiro atoms. The number of carbonyl (C=O) groups is 2. The van der Waals surface area contributed by atoms with Crippen molar-refractivity contribution in [2.45, 2.75) is 85.2 Å². The van der Waals surface area contributed by atoms with Crippen molar-refractivity contribution in [1.29, 1.82) is 0 Å². The summed E-state index contributed by atoms with van der Waals surface area (Å²) in [6.45, 7) is 12.3. The molecular weight excluding hydrogens is 428 g/mol. The number of amides is 2. The molecule has 7 heteroatoms. The number of hydrogen-bond acceptors (Lipinski definition) is 4. The molecule has 4 unspecified atom stereocenters. The molecule has 1 aromatic heterocycles. The van der Waals surface area contributed by atoms with E-state index in [9.17, 15) is 9.59 Å². The van der Waals surface area contributed by atoms with Crippen LogP contribution >= 0.6 is 0 Å². The van der Waals surface area contributed by atoms with Gasteiger partial charge in [-0.2, -0.15) is 5.10 Å². The lowest BCUT2D eigenvalue weighted by Crippen LogP contribution is -2.43. The van der Waals surface area contributed by atoms with Gasteiger partial charge in [0.15, 0.2) is 0 Å². The molecule has 34 heavy (non-hydrogen) atoms. The maximum absolute atomic E-state index is 13.5. The molecular formula is C27H42N4O3. The summed E-state index contributed by atoms with van der Waals surface area (Å²) in [5.41, 5.74) is -0.0741. The fourth-order valence-corrected chi connectivity index (χ4v) is 6.69. The van der Waals surface area contributed by atoms with Crippen LogP contribution < -0.4 is 15.4 Å². The monoisotopic (exact) mass is 470 g/mol. The lowest BCUT2D eigenvalue weighted by atomic mass is 9.77. The Bertz CT molecular complexity index is 934. The summed E-state index contributed by atoms with van der Waals surface area (Å²) in [4.78, 5) is 25.0. The molecule has 1 aromatic rings. The third-order valence-electron chi connectivity index (χ3n) is 7.84. The lowest BCUT2D eigenvalue weighted by Gasteiger charge is -2.32. The van der Waals surface area contributed by atoms with Gasteiger partial charge in [0, 0.05) is 19.2 Å². The molecule has 3 fully saturated rings. The van der Waals surface area contributed by atoms with Crippen LogP contribution in [0.5, 0.6) is 5.88 Å². The van der Waals surface area contributed by atoms with Crippen molar-refractivity contribution < 1.29 is 14.3 Å². The minimum atomic E-state index is -0.551. The van der Waals surface area contributed by atoms with E-state index in [-0.39, 0.29) is 17.9 Å². The topological polar surface area (TPSA) is 85.2 Å². The summed E-state index contributed by atoms with van der Waals surface area (Å²) in [5, 5.41) is 10.8. The van der Waals surface area contributed by atoms with E-state index in [4.69, 9.17) is 4.74 Å². The van der Waals surface area contributed by atoms with Crippen LogP contribution in [0.25, 0.3) is 6.20 Å². The lowest BCUT2D eigenvalue weighted by molar-refractivity contribution is -0.120. The summed E-state index contributed by atoms with van der Waals surface area (Å²) in [6.07, 6.45) is 11.6. The Hall–Kier alpha value is -2.31. The number of carbonyl (C=O) groups excluding carboxylic acids is 2. The van der Waals surface area contributed by atoms with Gasteiger partial charge in [0.1, 0.15) is 5.56 Å². The van der Waals surface area contributed by atoms with E-state index in [2.05, 4.69) is 36.5 Å². The van der Waals surface area contributed by atoms with Crippen molar-refractivity contribution in [2.75, 3.05) is 6.61 Å². The molecule has 2 N–H and O–H groups in total. The van der Waals surface area contributed by atoms with E-state index in [1.54, 1.807) is 17.1 Å². The molecule has 0 saturated heterocycles. The molecule has 1 heterocycles. The maximum atomic E-state index is 13.5. The molecule has 2 amide bonds. The van der Waals surface area contributed by atoms with E-state index in [0.717, 1.165) is 17.8 Å². The largest absolute Gasteiger partial charge is 0.477 e. The van der Waals surface area contributed by atoms with Gasteiger partial charge in [0.05, 0.1) is 18.3 Å². The summed E-state index contributed by atoms with van der Waals surface area (Å²) >= 11 is 0. The van der Waals surface area contributed by atoms with E-state index in [0.29, 0.717) is 35.8 Å². The van der Waals surface area contributed by atoms with Crippen molar-refractivity contribution in [3.63, 3.8) is 0 Å². The van der Waals surface area contributed by atoms with Gasteiger partial charge in [0.2, 0.25) is 11.8 Å². The molecule has 3 aliphatic carbocycles. The molecule has 0 radical (unpaired) electrons. The summed E-state index contributed by atoms with van der Waals surface area (Å²) in [5.74, 6) is 4.09. The van der Waals surface area contributed by atoms with Crippen molar-refractivity contribution in [3.05, 3.63) is 17.8 Å². The number of nitrogens with zero attached hydrogens (tertiary/aromatic N) is 2. The number of rotatable bonds is 8. The maximum Gasteiger partial charge on any atom is 0.258 e. The number of fused-ring (bicyclic) bond motifs is 2. The van der Waals surface area contributed by atoms with Crippen LogP contribution in [0.1, 0.15) is 84.0 Å². The fraction of sp³-hybridized carbons (Fsp3) is 0.741. The van der Waals surface area contributed by atoms with Gasteiger partial charge < -0.3 is 15.4 Å². The van der Waals surface area contributed by atoms with Crippen LogP contribution in [0.2, 0.25) is 0 Å². The molecule has 3 aliphatic rings. The van der Waals surface area contributed by atoms with Gasteiger partial charge in [-0.25, -0.2) is 4.68 Å². The second-order valence-corrected chi connectivity index (χ2v) is 12.1. The first-order valence-electron chi connectivity index (χ1n) is 13.0. The summed E-state index contributed by atoms with van der Waals surface area (Å²) < 4.78 is 7.69. The normalized spacial score (nSPS) is 30.6. The van der Waals surface area contributed by atoms with Crippen LogP contribution in [0, 0.1) is 35.5 Å². The average molecular weight is 471 g/mol. The molecule has 188 valence electrons. The van der Waals surface area contributed by atoms with E-state index in [1.165, 1.54) is 39.0 Å². The second-order valence-electron chi connectivity index (χ2n) is 12.1. The van der Waals surface area contributed by atoms with Crippen LogP contribution in [-0.2, 0) is 4.79 Å². The zero-order chi connectivity index (χ0) is 24.6. The van der Waals surface area contributed by atoms with Gasteiger partial charge in [0.25, 0.3) is 5.91 Å². The van der Waals surface area contributed by atoms with Gasteiger partial charge >= 0.3 is 0 Å². The van der Waals surface area contributed by atoms with E-state index in [1.807, 2.05) is 19.9 Å². The Morgan fingerprint density at radius 2 is 1.94 bits per heavy atom. The Morgan fingerprint density at radius 1 is 1.21 bits per heavy atom. The van der Waals surface area contributed by atoms with E-state index >= 15 is 0 Å². The Morgan fingerprint density at radius 3 is 2.65 bits per heavy atom. The number of aromatic nitrogens is 2. The van der Waals surface area contributed by atoms with Crippen LogP contribution in [-0.4, -0.2) is 39.8 Å². The van der Waals surface area contributed by atoms with Crippen molar-refractivity contribution in [3.8, 4) is 5.88 Å². The van der Waals surface area contributed by atoms with Crippen molar-refractivity contribution in [2.24, 2.45) is 35.5 Å². The molecule has 6 atom stereocenters. The highest BCUT2D eigenvalue weighted by Crippen LogP contribution is 2.54. The fourth-order valence-electron chi connectivity index (χ4n) is 6.69. The molecule has 3 bridgehead atoms. The molecule has 0 aliphatic heterocycles. The average Bonchev–Trinajstić information content (AvgIpc) is 3.19. The Balaban J connectivity index is 1.54. The van der Waals surface area contributed by atoms with Crippen LogP contribution in [0.15, 0.2) is 12.3 Å². The summed E-state index contributed by atoms with van der Waals surface area (Å²) in [7, 11) is 0. The smallest absolute Gasteiger partial charge is 0.258 e. The zero-order valence-corrected chi connectivity index (χ0v) is 21.6. The molecule has 3 saturated carbocycles. The highest BCUT2D eigenvalue weighted by molar-refractivity contribution is 5.96.